The molecule has 0 saturated carbocycles. The maximum atomic E-state index is 12.0. The van der Waals surface area contributed by atoms with Gasteiger partial charge in [-0.3, -0.25) is 4.79 Å². The second kappa shape index (κ2) is 4.76. The second-order valence-corrected chi connectivity index (χ2v) is 7.06. The molecule has 0 N–H and O–H groups in total. The van der Waals surface area contributed by atoms with E-state index < -0.39 is 0 Å². The van der Waals surface area contributed by atoms with Crippen LogP contribution in [0.4, 0.5) is 0 Å². The highest BCUT2D eigenvalue weighted by molar-refractivity contribution is 14.1. The van der Waals surface area contributed by atoms with Gasteiger partial charge >= 0.3 is 0 Å². The van der Waals surface area contributed by atoms with Gasteiger partial charge in [-0.25, -0.2) is 0 Å². The summed E-state index contributed by atoms with van der Waals surface area (Å²) in [7, 11) is 0. The van der Waals surface area contributed by atoms with E-state index in [1.165, 1.54) is 4.88 Å². The van der Waals surface area contributed by atoms with Crippen molar-refractivity contribution in [3.63, 3.8) is 0 Å². The lowest BCUT2D eigenvalue weighted by atomic mass is 10.2. The molecule has 0 amide bonds. The maximum absolute atomic E-state index is 12.0. The van der Waals surface area contributed by atoms with Crippen LogP contribution in [0.25, 0.3) is 0 Å². The van der Waals surface area contributed by atoms with E-state index >= 15 is 0 Å². The van der Waals surface area contributed by atoms with Crippen molar-refractivity contribution >= 4 is 51.0 Å². The molecule has 0 fully saturated rings. The quantitative estimate of drug-likeness (QED) is 0.600. The van der Waals surface area contributed by atoms with Crippen LogP contribution in [0.1, 0.15) is 27.0 Å². The van der Waals surface area contributed by atoms with E-state index in [1.807, 2.05) is 23.6 Å². The molecular formula is C11H9IOS2. The second-order valence-electron chi connectivity index (χ2n) is 3.09. The largest absolute Gasteiger partial charge is 0.288 e. The first-order valence-electron chi connectivity index (χ1n) is 4.58. The molecule has 78 valence electrons. The fourth-order valence-corrected chi connectivity index (χ4v) is 3.50. The van der Waals surface area contributed by atoms with Crippen molar-refractivity contribution in [2.75, 3.05) is 0 Å². The number of rotatable bonds is 3. The highest BCUT2D eigenvalue weighted by atomic mass is 127. The third-order valence-electron chi connectivity index (χ3n) is 2.06. The molecular weight excluding hydrogens is 339 g/mol. The fourth-order valence-electron chi connectivity index (χ4n) is 1.26. The lowest BCUT2D eigenvalue weighted by Gasteiger charge is -1.91. The highest BCUT2D eigenvalue weighted by Gasteiger charge is 2.12. The Balaban J connectivity index is 2.28. The van der Waals surface area contributed by atoms with E-state index in [0.717, 1.165) is 19.7 Å². The van der Waals surface area contributed by atoms with Gasteiger partial charge in [0.2, 0.25) is 5.78 Å². The Morgan fingerprint density at radius 3 is 2.80 bits per heavy atom. The van der Waals surface area contributed by atoms with Gasteiger partial charge in [-0.2, -0.15) is 0 Å². The van der Waals surface area contributed by atoms with E-state index in [2.05, 4.69) is 29.5 Å². The SMILES string of the molecule is CCc1ccc(C(=O)c2csc(I)c2)s1. The lowest BCUT2D eigenvalue weighted by molar-refractivity contribution is 0.104. The Morgan fingerprint density at radius 2 is 2.27 bits per heavy atom. The molecule has 4 heteroatoms. The normalized spacial score (nSPS) is 10.5. The predicted molar refractivity (Wildman–Crippen MR) is 74.2 cm³/mol. The molecule has 15 heavy (non-hydrogen) atoms. The molecule has 0 unspecified atom stereocenters. The number of aryl methyl sites for hydroxylation is 1. The third kappa shape index (κ3) is 2.49. The van der Waals surface area contributed by atoms with Gasteiger partial charge in [0, 0.05) is 15.8 Å². The first-order valence-corrected chi connectivity index (χ1v) is 7.35. The zero-order valence-corrected chi connectivity index (χ0v) is 11.9. The third-order valence-corrected chi connectivity index (χ3v) is 5.08. The zero-order valence-electron chi connectivity index (χ0n) is 8.12. The Kier molecular flexibility index (Phi) is 3.58. The van der Waals surface area contributed by atoms with Crippen molar-refractivity contribution in [2.45, 2.75) is 13.3 Å². The zero-order chi connectivity index (χ0) is 10.8. The average molecular weight is 348 g/mol. The standard InChI is InChI=1S/C11H9IOS2/c1-2-8-3-4-9(15-8)11(13)7-5-10(12)14-6-7/h3-6H,2H2,1H3. The van der Waals surface area contributed by atoms with Crippen LogP contribution in [-0.4, -0.2) is 5.78 Å². The molecule has 0 aliphatic heterocycles. The summed E-state index contributed by atoms with van der Waals surface area (Å²) in [5, 5.41) is 1.93. The number of ketones is 1. The summed E-state index contributed by atoms with van der Waals surface area (Å²) in [6, 6.07) is 5.91. The van der Waals surface area contributed by atoms with Gasteiger partial charge < -0.3 is 0 Å². The van der Waals surface area contributed by atoms with Gasteiger partial charge in [0.25, 0.3) is 0 Å². The van der Waals surface area contributed by atoms with Crippen molar-refractivity contribution in [3.8, 4) is 0 Å². The van der Waals surface area contributed by atoms with Crippen LogP contribution in [0.5, 0.6) is 0 Å². The minimum Gasteiger partial charge on any atom is -0.288 e. The molecule has 0 saturated heterocycles. The Morgan fingerprint density at radius 1 is 1.47 bits per heavy atom. The number of thiophene rings is 2. The Hall–Kier alpha value is -0.200. The van der Waals surface area contributed by atoms with E-state index in [0.29, 0.717) is 0 Å². The first kappa shape index (κ1) is 11.3. The molecule has 0 aromatic carbocycles. The van der Waals surface area contributed by atoms with Crippen LogP contribution in [0.15, 0.2) is 23.6 Å². The molecule has 0 spiro atoms. The van der Waals surface area contributed by atoms with Crippen molar-refractivity contribution < 1.29 is 4.79 Å². The number of hydrogen-bond acceptors (Lipinski definition) is 3. The van der Waals surface area contributed by atoms with Crippen molar-refractivity contribution in [1.29, 1.82) is 0 Å². The molecule has 0 aliphatic carbocycles. The van der Waals surface area contributed by atoms with Crippen molar-refractivity contribution in [3.05, 3.63) is 41.8 Å². The van der Waals surface area contributed by atoms with Gasteiger partial charge in [0.1, 0.15) is 0 Å². The van der Waals surface area contributed by atoms with Crippen LogP contribution in [0, 0.1) is 2.88 Å². The molecule has 0 radical (unpaired) electrons. The van der Waals surface area contributed by atoms with Gasteiger partial charge in [-0.1, -0.05) is 6.92 Å². The molecule has 2 heterocycles. The molecule has 2 aromatic rings. The molecule has 2 aromatic heterocycles. The smallest absolute Gasteiger partial charge is 0.203 e. The van der Waals surface area contributed by atoms with Crippen LogP contribution in [0.3, 0.4) is 0 Å². The van der Waals surface area contributed by atoms with Crippen LogP contribution < -0.4 is 0 Å². The highest BCUT2D eigenvalue weighted by Crippen LogP contribution is 2.23. The summed E-state index contributed by atoms with van der Waals surface area (Å²) in [5.41, 5.74) is 0.814. The summed E-state index contributed by atoms with van der Waals surface area (Å²) in [5.74, 6) is 0.152. The van der Waals surface area contributed by atoms with Crippen LogP contribution >= 0.6 is 45.3 Å². The maximum Gasteiger partial charge on any atom is 0.203 e. The van der Waals surface area contributed by atoms with E-state index in [4.69, 9.17) is 0 Å². The number of hydrogen-bond donors (Lipinski definition) is 0. The molecule has 0 aliphatic rings. The molecule has 0 atom stereocenters. The molecule has 2 rings (SSSR count). The minimum absolute atomic E-state index is 0.152. The Labute approximate surface area is 110 Å². The number of carbonyl (C=O) groups excluding carboxylic acids is 1. The van der Waals surface area contributed by atoms with E-state index in [-0.39, 0.29) is 5.78 Å². The van der Waals surface area contributed by atoms with Gasteiger partial charge in [0.15, 0.2) is 0 Å². The Bertz CT molecular complexity index is 484. The summed E-state index contributed by atoms with van der Waals surface area (Å²) in [6.07, 6.45) is 0.999. The minimum atomic E-state index is 0.152. The fraction of sp³-hybridized carbons (Fsp3) is 0.182. The van der Waals surface area contributed by atoms with Gasteiger partial charge in [-0.15, -0.1) is 22.7 Å². The summed E-state index contributed by atoms with van der Waals surface area (Å²) in [4.78, 5) is 14.1. The lowest BCUT2D eigenvalue weighted by Crippen LogP contribution is -1.95. The first-order chi connectivity index (χ1) is 7.20. The average Bonchev–Trinajstić information content (AvgIpc) is 2.84. The van der Waals surface area contributed by atoms with Gasteiger partial charge in [-0.05, 0) is 47.2 Å². The monoisotopic (exact) mass is 348 g/mol. The van der Waals surface area contributed by atoms with Crippen LogP contribution in [-0.2, 0) is 6.42 Å². The van der Waals surface area contributed by atoms with Gasteiger partial charge in [0.05, 0.1) is 7.76 Å². The van der Waals surface area contributed by atoms with E-state index in [9.17, 15) is 4.79 Å². The summed E-state index contributed by atoms with van der Waals surface area (Å²) in [6.45, 7) is 2.10. The summed E-state index contributed by atoms with van der Waals surface area (Å²) >= 11 is 5.44. The van der Waals surface area contributed by atoms with Crippen molar-refractivity contribution in [2.24, 2.45) is 0 Å². The molecule has 1 nitrogen and oxygen atoms in total. The van der Waals surface area contributed by atoms with Crippen molar-refractivity contribution in [1.82, 2.24) is 0 Å². The number of carbonyl (C=O) groups is 1. The van der Waals surface area contributed by atoms with E-state index in [1.54, 1.807) is 22.7 Å². The van der Waals surface area contributed by atoms with Crippen LogP contribution in [0.2, 0.25) is 0 Å². The molecule has 0 bridgehead atoms. The predicted octanol–water partition coefficient (Wildman–Crippen LogP) is 4.21. The number of halogens is 1. The topological polar surface area (TPSA) is 17.1 Å². The summed E-state index contributed by atoms with van der Waals surface area (Å²) < 4.78 is 1.16.